The molecule has 4 heterocycles. The number of hydrogen-bond acceptors (Lipinski definition) is 6. The van der Waals surface area contributed by atoms with E-state index in [2.05, 4.69) is 48.6 Å². The first-order valence-corrected chi connectivity index (χ1v) is 11.3. The van der Waals surface area contributed by atoms with Gasteiger partial charge < -0.3 is 15.5 Å². The summed E-state index contributed by atoms with van der Waals surface area (Å²) in [6.45, 7) is 6.78. The fourth-order valence-electron chi connectivity index (χ4n) is 4.46. The van der Waals surface area contributed by atoms with E-state index in [1.165, 1.54) is 12.8 Å². The summed E-state index contributed by atoms with van der Waals surface area (Å²) in [5, 5.41) is 19.0. The molecule has 8 nitrogen and oxygen atoms in total. The maximum atomic E-state index is 12.6. The number of nitrogens with one attached hydrogen (secondary N) is 2. The molecule has 2 aromatic heterocycles. The van der Waals surface area contributed by atoms with Crippen LogP contribution in [0.5, 0.6) is 0 Å². The maximum Gasteiger partial charge on any atom is 0.231 e. The lowest BCUT2D eigenvalue weighted by molar-refractivity contribution is -0.120. The van der Waals surface area contributed by atoms with Gasteiger partial charge in [0.25, 0.3) is 0 Å². The molecule has 0 saturated carbocycles. The summed E-state index contributed by atoms with van der Waals surface area (Å²) in [6.07, 6.45) is 8.04. The smallest absolute Gasteiger partial charge is 0.231 e. The second-order valence-corrected chi connectivity index (χ2v) is 9.24. The van der Waals surface area contributed by atoms with Gasteiger partial charge in [-0.2, -0.15) is 10.2 Å². The molecule has 0 unspecified atom stereocenters. The van der Waals surface area contributed by atoms with Crippen molar-refractivity contribution in [1.82, 2.24) is 25.3 Å². The lowest BCUT2D eigenvalue weighted by Gasteiger charge is -2.38. The Morgan fingerprint density at radius 3 is 2.66 bits per heavy atom. The summed E-state index contributed by atoms with van der Waals surface area (Å²) < 4.78 is 2.07. The molecule has 1 amide bonds. The monoisotopic (exact) mass is 431 g/mol. The first-order chi connectivity index (χ1) is 15.6. The van der Waals surface area contributed by atoms with Crippen LogP contribution in [-0.2, 0) is 11.3 Å². The molecule has 0 aliphatic carbocycles. The highest BCUT2D eigenvalue weighted by Gasteiger charge is 2.33. The van der Waals surface area contributed by atoms with E-state index in [1.54, 1.807) is 6.20 Å². The van der Waals surface area contributed by atoms with Crippen molar-refractivity contribution in [3.63, 3.8) is 0 Å². The van der Waals surface area contributed by atoms with E-state index >= 15 is 0 Å². The zero-order valence-corrected chi connectivity index (χ0v) is 18.4. The second-order valence-electron chi connectivity index (χ2n) is 9.24. The van der Waals surface area contributed by atoms with Crippen molar-refractivity contribution in [3.05, 3.63) is 55.0 Å². The SMILES string of the molecule is CC1(Cn2cc(-c3ccc(NC(=O)C4CN(c5cccnn5)C4)cc3)cn2)CCNCC1. The van der Waals surface area contributed by atoms with Crippen molar-refractivity contribution in [2.24, 2.45) is 11.3 Å². The van der Waals surface area contributed by atoms with Crippen molar-refractivity contribution >= 4 is 17.4 Å². The van der Waals surface area contributed by atoms with Crippen molar-refractivity contribution in [2.45, 2.75) is 26.3 Å². The average molecular weight is 432 g/mol. The zero-order chi connectivity index (χ0) is 22.0. The molecule has 2 saturated heterocycles. The van der Waals surface area contributed by atoms with E-state index in [4.69, 9.17) is 0 Å². The fourth-order valence-corrected chi connectivity index (χ4v) is 4.46. The molecule has 0 spiro atoms. The molecule has 1 aromatic carbocycles. The molecule has 0 radical (unpaired) electrons. The molecule has 2 N–H and O–H groups in total. The number of piperidine rings is 1. The first kappa shape index (κ1) is 20.6. The number of aromatic nitrogens is 4. The van der Waals surface area contributed by atoms with Gasteiger partial charge in [-0.1, -0.05) is 19.1 Å². The Bertz CT molecular complexity index is 1050. The Balaban J connectivity index is 1.15. The molecular weight excluding hydrogens is 402 g/mol. The van der Waals surface area contributed by atoms with Gasteiger partial charge in [0.15, 0.2) is 5.82 Å². The van der Waals surface area contributed by atoms with Gasteiger partial charge in [0.1, 0.15) is 0 Å². The fraction of sp³-hybridized carbons (Fsp3) is 0.417. The summed E-state index contributed by atoms with van der Waals surface area (Å²) in [5.74, 6) is 0.822. The Hall–Kier alpha value is -3.26. The normalized spacial score (nSPS) is 18.2. The van der Waals surface area contributed by atoms with Gasteiger partial charge in [-0.05, 0) is 61.2 Å². The third-order valence-corrected chi connectivity index (χ3v) is 6.61. The van der Waals surface area contributed by atoms with Crippen molar-refractivity contribution in [2.75, 3.05) is 36.4 Å². The Kier molecular flexibility index (Phi) is 5.61. The van der Waals surface area contributed by atoms with Gasteiger partial charge in [-0.3, -0.25) is 9.48 Å². The summed E-state index contributed by atoms with van der Waals surface area (Å²) >= 11 is 0. The summed E-state index contributed by atoms with van der Waals surface area (Å²) in [7, 11) is 0. The third kappa shape index (κ3) is 4.50. The maximum absolute atomic E-state index is 12.6. The van der Waals surface area contributed by atoms with E-state index in [9.17, 15) is 4.79 Å². The van der Waals surface area contributed by atoms with Crippen LogP contribution < -0.4 is 15.5 Å². The van der Waals surface area contributed by atoms with Crippen LogP contribution in [0, 0.1) is 11.3 Å². The summed E-state index contributed by atoms with van der Waals surface area (Å²) in [4.78, 5) is 14.6. The highest BCUT2D eigenvalue weighted by Crippen LogP contribution is 2.31. The van der Waals surface area contributed by atoms with Gasteiger partial charge in [0, 0.05) is 43.3 Å². The highest BCUT2D eigenvalue weighted by atomic mass is 16.2. The van der Waals surface area contributed by atoms with Crippen LogP contribution in [0.15, 0.2) is 55.0 Å². The van der Waals surface area contributed by atoms with Gasteiger partial charge in [0.2, 0.25) is 5.91 Å². The zero-order valence-electron chi connectivity index (χ0n) is 18.4. The molecule has 166 valence electrons. The Labute approximate surface area is 188 Å². The number of rotatable bonds is 6. The third-order valence-electron chi connectivity index (χ3n) is 6.61. The molecule has 2 fully saturated rings. The van der Waals surface area contributed by atoms with E-state index < -0.39 is 0 Å². The quantitative estimate of drug-likeness (QED) is 0.624. The van der Waals surface area contributed by atoms with Crippen LogP contribution in [0.2, 0.25) is 0 Å². The highest BCUT2D eigenvalue weighted by molar-refractivity contribution is 5.94. The van der Waals surface area contributed by atoms with E-state index in [0.717, 1.165) is 42.3 Å². The van der Waals surface area contributed by atoms with Crippen molar-refractivity contribution < 1.29 is 4.79 Å². The first-order valence-electron chi connectivity index (χ1n) is 11.3. The van der Waals surface area contributed by atoms with Crippen molar-refractivity contribution in [1.29, 1.82) is 0 Å². The standard InChI is InChI=1S/C24H29N7O/c1-24(8-11-25-12-9-24)17-31-16-19(13-27-31)18-4-6-21(7-5-18)28-23(32)20-14-30(15-20)22-3-2-10-26-29-22/h2-7,10,13,16,20,25H,8-9,11-12,14-15,17H2,1H3,(H,28,32). The lowest BCUT2D eigenvalue weighted by atomic mass is 9.81. The predicted molar refractivity (Wildman–Crippen MR) is 124 cm³/mol. The predicted octanol–water partition coefficient (Wildman–Crippen LogP) is 2.80. The number of hydrogen-bond donors (Lipinski definition) is 2. The number of amides is 1. The Morgan fingerprint density at radius 1 is 1.16 bits per heavy atom. The molecule has 2 aliphatic heterocycles. The molecule has 0 bridgehead atoms. The van der Waals surface area contributed by atoms with Crippen LogP contribution in [-0.4, -0.2) is 52.1 Å². The molecule has 5 rings (SSSR count). The molecule has 8 heteroatoms. The lowest BCUT2D eigenvalue weighted by Crippen LogP contribution is -2.52. The second kappa shape index (κ2) is 8.70. The van der Waals surface area contributed by atoms with E-state index in [0.29, 0.717) is 18.5 Å². The molecule has 0 atom stereocenters. The molecule has 32 heavy (non-hydrogen) atoms. The van der Waals surface area contributed by atoms with E-state index in [1.807, 2.05) is 42.6 Å². The minimum absolute atomic E-state index is 0.0359. The van der Waals surface area contributed by atoms with Gasteiger partial charge in [-0.25, -0.2) is 0 Å². The minimum atomic E-state index is -0.0359. The Morgan fingerprint density at radius 2 is 1.94 bits per heavy atom. The molecule has 3 aromatic rings. The van der Waals surface area contributed by atoms with Gasteiger partial charge >= 0.3 is 0 Å². The van der Waals surface area contributed by atoms with Gasteiger partial charge in [0.05, 0.1) is 12.1 Å². The number of carbonyl (C=O) groups is 1. The van der Waals surface area contributed by atoms with Crippen LogP contribution in [0.1, 0.15) is 19.8 Å². The van der Waals surface area contributed by atoms with Crippen LogP contribution in [0.3, 0.4) is 0 Å². The largest absolute Gasteiger partial charge is 0.353 e. The number of benzene rings is 1. The summed E-state index contributed by atoms with van der Waals surface area (Å²) in [5.41, 5.74) is 3.31. The average Bonchev–Trinajstić information content (AvgIpc) is 3.22. The summed E-state index contributed by atoms with van der Waals surface area (Å²) in [6, 6.07) is 11.8. The molecular formula is C24H29N7O. The van der Waals surface area contributed by atoms with Crippen LogP contribution in [0.25, 0.3) is 11.1 Å². The van der Waals surface area contributed by atoms with Crippen LogP contribution >= 0.6 is 0 Å². The van der Waals surface area contributed by atoms with Crippen molar-refractivity contribution in [3.8, 4) is 11.1 Å². The minimum Gasteiger partial charge on any atom is -0.353 e. The van der Waals surface area contributed by atoms with Crippen LogP contribution in [0.4, 0.5) is 11.5 Å². The molecule has 2 aliphatic rings. The number of anilines is 2. The van der Waals surface area contributed by atoms with Gasteiger partial charge in [-0.15, -0.1) is 5.10 Å². The van der Waals surface area contributed by atoms with E-state index in [-0.39, 0.29) is 11.8 Å². The topological polar surface area (TPSA) is 88.0 Å². The number of carbonyl (C=O) groups excluding carboxylic acids is 1. The number of nitrogens with zero attached hydrogens (tertiary/aromatic N) is 5.